The molecule has 1 heterocycles. The molecule has 0 saturated heterocycles. The van der Waals surface area contributed by atoms with Gasteiger partial charge < -0.3 is 14.2 Å². The fourth-order valence-electron chi connectivity index (χ4n) is 3.25. The molecule has 0 saturated carbocycles. The maximum atomic E-state index is 12.9. The Morgan fingerprint density at radius 1 is 0.931 bits per heavy atom. The normalized spacial score (nSPS) is 10.9. The van der Waals surface area contributed by atoms with Crippen LogP contribution in [0.3, 0.4) is 0 Å². The van der Waals surface area contributed by atoms with Crippen LogP contribution in [0.1, 0.15) is 27.3 Å². The lowest BCUT2D eigenvalue weighted by Gasteiger charge is -2.12. The first-order valence-corrected chi connectivity index (χ1v) is 9.14. The van der Waals surface area contributed by atoms with Crippen LogP contribution in [0.2, 0.25) is 0 Å². The van der Waals surface area contributed by atoms with Crippen LogP contribution in [0.15, 0.2) is 48.5 Å². The maximum absolute atomic E-state index is 12.9. The molecule has 0 spiro atoms. The lowest BCUT2D eigenvalue weighted by atomic mass is 10.1. The fraction of sp³-hybridized carbons (Fsp3) is 0.217. The molecule has 6 nitrogen and oxygen atoms in total. The number of allylic oxidation sites excluding steroid dienone is 1. The monoisotopic (exact) mass is 392 g/mol. The number of carbonyl (C=O) groups excluding carboxylic acids is 1. The van der Waals surface area contributed by atoms with Gasteiger partial charge in [-0.1, -0.05) is 18.2 Å². The molecule has 0 aliphatic rings. The summed E-state index contributed by atoms with van der Waals surface area (Å²) in [5.41, 5.74) is 3.69. The highest BCUT2D eigenvalue weighted by Crippen LogP contribution is 2.35. The van der Waals surface area contributed by atoms with Crippen molar-refractivity contribution >= 4 is 11.9 Å². The Bertz CT molecular complexity index is 1050. The molecule has 0 aliphatic heterocycles. The Labute approximate surface area is 170 Å². The van der Waals surface area contributed by atoms with Gasteiger partial charge in [-0.2, -0.15) is 5.10 Å². The van der Waals surface area contributed by atoms with Crippen LogP contribution < -0.4 is 14.2 Å². The van der Waals surface area contributed by atoms with Gasteiger partial charge in [0.15, 0.2) is 17.3 Å². The molecule has 0 amide bonds. The molecule has 150 valence electrons. The second kappa shape index (κ2) is 8.65. The topological polar surface area (TPSA) is 62.6 Å². The van der Waals surface area contributed by atoms with Gasteiger partial charge in [0.25, 0.3) is 0 Å². The molecule has 3 aromatic rings. The molecular formula is C23H24N2O4. The number of benzene rings is 2. The van der Waals surface area contributed by atoms with Crippen LogP contribution in [0, 0.1) is 13.8 Å². The molecular weight excluding hydrogens is 368 g/mol. The van der Waals surface area contributed by atoms with Gasteiger partial charge in [0.05, 0.1) is 44.0 Å². The summed E-state index contributed by atoms with van der Waals surface area (Å²) in [7, 11) is 4.69. The molecule has 6 heteroatoms. The first kappa shape index (κ1) is 20.2. The van der Waals surface area contributed by atoms with Gasteiger partial charge in [0.2, 0.25) is 0 Å². The number of rotatable bonds is 7. The van der Waals surface area contributed by atoms with Crippen molar-refractivity contribution in [1.82, 2.24) is 9.78 Å². The van der Waals surface area contributed by atoms with E-state index in [4.69, 9.17) is 14.2 Å². The maximum Gasteiger partial charge on any atom is 0.189 e. The molecule has 29 heavy (non-hydrogen) atoms. The second-order valence-electron chi connectivity index (χ2n) is 6.44. The quantitative estimate of drug-likeness (QED) is 0.440. The predicted molar refractivity (Wildman–Crippen MR) is 113 cm³/mol. The average Bonchev–Trinajstić information content (AvgIpc) is 3.05. The number of ketones is 1. The van der Waals surface area contributed by atoms with Crippen molar-refractivity contribution < 1.29 is 19.0 Å². The number of hydrogen-bond donors (Lipinski definition) is 0. The van der Waals surface area contributed by atoms with Crippen LogP contribution in [-0.2, 0) is 0 Å². The number of aromatic nitrogens is 2. The highest BCUT2D eigenvalue weighted by atomic mass is 16.5. The number of hydrogen-bond acceptors (Lipinski definition) is 5. The largest absolute Gasteiger partial charge is 0.496 e. The summed E-state index contributed by atoms with van der Waals surface area (Å²) in [4.78, 5) is 12.9. The van der Waals surface area contributed by atoms with E-state index in [2.05, 4.69) is 5.10 Å². The molecule has 1 aromatic heterocycles. The summed E-state index contributed by atoms with van der Waals surface area (Å²) in [6.07, 6.45) is 3.23. The highest BCUT2D eigenvalue weighted by Gasteiger charge is 2.18. The fourth-order valence-corrected chi connectivity index (χ4v) is 3.25. The zero-order valence-corrected chi connectivity index (χ0v) is 17.2. The summed E-state index contributed by atoms with van der Waals surface area (Å²) in [6, 6.07) is 13.2. The number of carbonyl (C=O) groups is 1. The number of methoxy groups -OCH3 is 3. The van der Waals surface area contributed by atoms with Crippen molar-refractivity contribution in [2.24, 2.45) is 0 Å². The standard InChI is InChI=1S/C23H24N2O4/c1-15-23(16(2)25(24-15)18-9-7-6-8-10-18)19(26)12-11-17-13-21(28-4)22(29-5)14-20(17)27-3/h6-14H,1-5H3. The van der Waals surface area contributed by atoms with E-state index in [-0.39, 0.29) is 5.78 Å². The number of ether oxygens (including phenoxy) is 3. The van der Waals surface area contributed by atoms with Gasteiger partial charge in [0, 0.05) is 11.6 Å². The van der Waals surface area contributed by atoms with Crippen LogP contribution in [0.5, 0.6) is 17.2 Å². The Balaban J connectivity index is 1.95. The number of nitrogens with zero attached hydrogens (tertiary/aromatic N) is 2. The van der Waals surface area contributed by atoms with E-state index in [1.54, 1.807) is 44.2 Å². The SMILES string of the molecule is COc1cc(OC)c(OC)cc1C=CC(=O)c1c(C)nn(-c2ccccc2)c1C. The smallest absolute Gasteiger partial charge is 0.189 e. The Kier molecular flexibility index (Phi) is 6.02. The van der Waals surface area contributed by atoms with Gasteiger partial charge in [-0.25, -0.2) is 4.68 Å². The van der Waals surface area contributed by atoms with E-state index in [1.165, 1.54) is 6.08 Å². The molecule has 0 N–H and O–H groups in total. The third-order valence-electron chi connectivity index (χ3n) is 4.69. The molecule has 0 unspecified atom stereocenters. The first-order valence-electron chi connectivity index (χ1n) is 9.14. The minimum Gasteiger partial charge on any atom is -0.496 e. The van der Waals surface area contributed by atoms with Crippen LogP contribution in [-0.4, -0.2) is 36.9 Å². The van der Waals surface area contributed by atoms with E-state index in [1.807, 2.05) is 44.2 Å². The minimum absolute atomic E-state index is 0.126. The van der Waals surface area contributed by atoms with Gasteiger partial charge in [-0.3, -0.25) is 4.79 Å². The lowest BCUT2D eigenvalue weighted by Crippen LogP contribution is -2.01. The van der Waals surface area contributed by atoms with Gasteiger partial charge in [-0.05, 0) is 44.2 Å². The summed E-state index contributed by atoms with van der Waals surface area (Å²) in [5, 5.41) is 4.54. The van der Waals surface area contributed by atoms with Crippen LogP contribution >= 0.6 is 0 Å². The molecule has 2 aromatic carbocycles. The van der Waals surface area contributed by atoms with Crippen molar-refractivity contribution in [1.29, 1.82) is 0 Å². The summed E-state index contributed by atoms with van der Waals surface area (Å²) in [6.45, 7) is 3.73. The summed E-state index contributed by atoms with van der Waals surface area (Å²) in [5.74, 6) is 1.58. The molecule has 0 atom stereocenters. The van der Waals surface area contributed by atoms with Crippen molar-refractivity contribution in [2.75, 3.05) is 21.3 Å². The lowest BCUT2D eigenvalue weighted by molar-refractivity contribution is 0.104. The van der Waals surface area contributed by atoms with Crippen LogP contribution in [0.4, 0.5) is 0 Å². The first-order chi connectivity index (χ1) is 14.0. The van der Waals surface area contributed by atoms with E-state index >= 15 is 0 Å². The Morgan fingerprint density at radius 3 is 2.17 bits per heavy atom. The zero-order chi connectivity index (χ0) is 21.0. The van der Waals surface area contributed by atoms with E-state index in [0.29, 0.717) is 34.1 Å². The third kappa shape index (κ3) is 4.01. The van der Waals surface area contributed by atoms with Crippen LogP contribution in [0.25, 0.3) is 11.8 Å². The predicted octanol–water partition coefficient (Wildman–Crippen LogP) is 4.41. The third-order valence-corrected chi connectivity index (χ3v) is 4.69. The van der Waals surface area contributed by atoms with Gasteiger partial charge in [0.1, 0.15) is 5.75 Å². The van der Waals surface area contributed by atoms with Gasteiger partial charge >= 0.3 is 0 Å². The summed E-state index contributed by atoms with van der Waals surface area (Å²) < 4.78 is 17.8. The average molecular weight is 392 g/mol. The minimum atomic E-state index is -0.126. The molecule has 0 radical (unpaired) electrons. The van der Waals surface area contributed by atoms with E-state index in [9.17, 15) is 4.79 Å². The van der Waals surface area contributed by atoms with E-state index in [0.717, 1.165) is 11.4 Å². The van der Waals surface area contributed by atoms with E-state index < -0.39 is 0 Å². The van der Waals surface area contributed by atoms with Crippen molar-refractivity contribution in [3.63, 3.8) is 0 Å². The molecule has 0 aliphatic carbocycles. The zero-order valence-electron chi connectivity index (χ0n) is 17.2. The van der Waals surface area contributed by atoms with Crippen molar-refractivity contribution in [2.45, 2.75) is 13.8 Å². The number of aryl methyl sites for hydroxylation is 1. The second-order valence-corrected chi connectivity index (χ2v) is 6.44. The summed E-state index contributed by atoms with van der Waals surface area (Å²) >= 11 is 0. The molecule has 3 rings (SSSR count). The van der Waals surface area contributed by atoms with Crippen molar-refractivity contribution in [3.05, 3.63) is 71.1 Å². The Morgan fingerprint density at radius 2 is 1.55 bits per heavy atom. The molecule has 0 fully saturated rings. The number of para-hydroxylation sites is 1. The van der Waals surface area contributed by atoms with Crippen molar-refractivity contribution in [3.8, 4) is 22.9 Å². The molecule has 0 bridgehead atoms. The van der Waals surface area contributed by atoms with Gasteiger partial charge in [-0.15, -0.1) is 0 Å². The Hall–Kier alpha value is -3.54. The highest BCUT2D eigenvalue weighted by molar-refractivity contribution is 6.08.